The lowest BCUT2D eigenvalue weighted by atomic mass is 10.3. The molecular weight excluding hydrogens is 389 g/mol. The number of halogens is 2. The highest BCUT2D eigenvalue weighted by Crippen LogP contribution is 2.26. The van der Waals surface area contributed by atoms with Gasteiger partial charge in [0.15, 0.2) is 6.10 Å². The summed E-state index contributed by atoms with van der Waals surface area (Å²) in [5.74, 6) is -0.0547. The molecule has 1 aromatic rings. The van der Waals surface area contributed by atoms with E-state index in [2.05, 4.69) is 38.0 Å². The van der Waals surface area contributed by atoms with Gasteiger partial charge in [-0.3, -0.25) is 4.79 Å². The van der Waals surface area contributed by atoms with E-state index < -0.39 is 6.10 Å². The molecule has 0 saturated carbocycles. The monoisotopic (exact) mass is 415 g/mol. The molecule has 1 amide bonds. The quantitative estimate of drug-likeness (QED) is 0.662. The van der Waals surface area contributed by atoms with Crippen LogP contribution in [0.4, 0.5) is 4.39 Å². The van der Waals surface area contributed by atoms with E-state index in [0.717, 1.165) is 45.7 Å². The highest BCUT2D eigenvalue weighted by atomic mass is 79.9. The highest BCUT2D eigenvalue weighted by molar-refractivity contribution is 9.10. The van der Waals surface area contributed by atoms with Crippen molar-refractivity contribution in [1.29, 1.82) is 0 Å². The average molecular weight is 416 g/mol. The number of benzene rings is 1. The second kappa shape index (κ2) is 10.1. The summed E-state index contributed by atoms with van der Waals surface area (Å²) in [7, 11) is 0. The van der Waals surface area contributed by atoms with Crippen molar-refractivity contribution in [2.75, 3.05) is 45.8 Å². The molecular formula is C18H27BrFN3O2. The van der Waals surface area contributed by atoms with Crippen molar-refractivity contribution in [2.24, 2.45) is 0 Å². The number of rotatable bonds is 8. The number of likely N-dealkylation sites (N-methyl/N-ethyl adjacent to an activating group) is 1. The molecule has 140 valence electrons. The Bertz CT molecular complexity index is 565. The topological polar surface area (TPSA) is 44.8 Å². The third kappa shape index (κ3) is 6.56. The van der Waals surface area contributed by atoms with Crippen molar-refractivity contribution >= 4 is 21.8 Å². The van der Waals surface area contributed by atoms with Crippen molar-refractivity contribution in [1.82, 2.24) is 15.1 Å². The van der Waals surface area contributed by atoms with Crippen LogP contribution in [0.1, 0.15) is 20.3 Å². The van der Waals surface area contributed by atoms with E-state index in [1.807, 2.05) is 0 Å². The predicted octanol–water partition coefficient (Wildman–Crippen LogP) is 2.50. The van der Waals surface area contributed by atoms with Crippen molar-refractivity contribution in [2.45, 2.75) is 26.4 Å². The smallest absolute Gasteiger partial charge is 0.260 e. The maximum atomic E-state index is 13.1. The molecule has 0 radical (unpaired) electrons. The van der Waals surface area contributed by atoms with Gasteiger partial charge in [0.05, 0.1) is 4.47 Å². The Balaban J connectivity index is 1.64. The molecule has 2 rings (SSSR count). The van der Waals surface area contributed by atoms with Gasteiger partial charge in [-0.2, -0.15) is 0 Å². The number of nitrogens with one attached hydrogen (secondary N) is 1. The molecule has 1 saturated heterocycles. The zero-order chi connectivity index (χ0) is 18.2. The SMILES string of the molecule is CCN1CCN(CCCNC(=O)[C@H](C)Oc2ccc(F)cc2Br)CC1. The fourth-order valence-electron chi connectivity index (χ4n) is 2.80. The van der Waals surface area contributed by atoms with Crippen LogP contribution in [0.25, 0.3) is 0 Å². The summed E-state index contributed by atoms with van der Waals surface area (Å²) < 4.78 is 19.2. The van der Waals surface area contributed by atoms with Crippen LogP contribution < -0.4 is 10.1 Å². The van der Waals surface area contributed by atoms with Gasteiger partial charge >= 0.3 is 0 Å². The zero-order valence-corrected chi connectivity index (χ0v) is 16.5. The Morgan fingerprint density at radius 1 is 1.32 bits per heavy atom. The summed E-state index contributed by atoms with van der Waals surface area (Å²) in [6.07, 6.45) is 0.292. The first-order valence-electron chi connectivity index (χ1n) is 8.83. The van der Waals surface area contributed by atoms with E-state index in [0.29, 0.717) is 16.8 Å². The summed E-state index contributed by atoms with van der Waals surface area (Å²) in [5, 5.41) is 2.90. The van der Waals surface area contributed by atoms with Gasteiger partial charge in [-0.25, -0.2) is 4.39 Å². The lowest BCUT2D eigenvalue weighted by Gasteiger charge is -2.34. The van der Waals surface area contributed by atoms with Crippen LogP contribution >= 0.6 is 15.9 Å². The Labute approximate surface area is 157 Å². The van der Waals surface area contributed by atoms with E-state index in [9.17, 15) is 9.18 Å². The molecule has 0 bridgehead atoms. The first kappa shape index (κ1) is 20.1. The van der Waals surface area contributed by atoms with E-state index in [-0.39, 0.29) is 11.7 Å². The number of nitrogens with zero attached hydrogens (tertiary/aromatic N) is 2. The average Bonchev–Trinajstić information content (AvgIpc) is 2.61. The molecule has 1 fully saturated rings. The Morgan fingerprint density at radius 2 is 2.00 bits per heavy atom. The Kier molecular flexibility index (Phi) is 8.12. The van der Waals surface area contributed by atoms with Crippen LogP contribution in [0.2, 0.25) is 0 Å². The van der Waals surface area contributed by atoms with Gasteiger partial charge in [0.25, 0.3) is 5.91 Å². The zero-order valence-electron chi connectivity index (χ0n) is 14.9. The second-order valence-corrected chi connectivity index (χ2v) is 7.11. The summed E-state index contributed by atoms with van der Waals surface area (Å²) in [6, 6.07) is 4.14. The van der Waals surface area contributed by atoms with Gasteiger partial charge in [0, 0.05) is 32.7 Å². The number of carbonyl (C=O) groups is 1. The van der Waals surface area contributed by atoms with Crippen molar-refractivity contribution < 1.29 is 13.9 Å². The number of amides is 1. The third-order valence-corrected chi connectivity index (χ3v) is 5.05. The molecule has 1 aliphatic heterocycles. The normalized spacial score (nSPS) is 17.3. The number of piperazine rings is 1. The lowest BCUT2D eigenvalue weighted by molar-refractivity contribution is -0.127. The van der Waals surface area contributed by atoms with Gasteiger partial charge in [0.1, 0.15) is 11.6 Å². The Morgan fingerprint density at radius 3 is 2.64 bits per heavy atom. The molecule has 0 spiro atoms. The predicted molar refractivity (Wildman–Crippen MR) is 100 cm³/mol. The first-order chi connectivity index (χ1) is 12.0. The van der Waals surface area contributed by atoms with Gasteiger partial charge in [-0.15, -0.1) is 0 Å². The minimum absolute atomic E-state index is 0.160. The van der Waals surface area contributed by atoms with Crippen molar-refractivity contribution in [3.05, 3.63) is 28.5 Å². The fraction of sp³-hybridized carbons (Fsp3) is 0.611. The second-order valence-electron chi connectivity index (χ2n) is 6.26. The van der Waals surface area contributed by atoms with Crippen LogP contribution in [0.5, 0.6) is 5.75 Å². The molecule has 1 N–H and O–H groups in total. The van der Waals surface area contributed by atoms with Crippen LogP contribution in [0.3, 0.4) is 0 Å². The van der Waals surface area contributed by atoms with E-state index in [1.54, 1.807) is 6.92 Å². The van der Waals surface area contributed by atoms with E-state index in [1.165, 1.54) is 18.2 Å². The minimum Gasteiger partial charge on any atom is -0.480 e. The minimum atomic E-state index is -0.630. The summed E-state index contributed by atoms with van der Waals surface area (Å²) >= 11 is 3.24. The number of ether oxygens (including phenoxy) is 1. The molecule has 1 heterocycles. The van der Waals surface area contributed by atoms with Gasteiger partial charge in [-0.05, 0) is 60.6 Å². The maximum absolute atomic E-state index is 13.1. The van der Waals surface area contributed by atoms with Gasteiger partial charge < -0.3 is 19.9 Å². The van der Waals surface area contributed by atoms with E-state index >= 15 is 0 Å². The van der Waals surface area contributed by atoms with Crippen LogP contribution in [0, 0.1) is 5.82 Å². The molecule has 0 aliphatic carbocycles. The Hall–Kier alpha value is -1.18. The number of carbonyl (C=O) groups excluding carboxylic acids is 1. The first-order valence-corrected chi connectivity index (χ1v) is 9.63. The fourth-order valence-corrected chi connectivity index (χ4v) is 3.25. The van der Waals surface area contributed by atoms with Crippen LogP contribution in [0.15, 0.2) is 22.7 Å². The third-order valence-electron chi connectivity index (χ3n) is 4.43. The molecule has 1 atom stereocenters. The molecule has 5 nitrogen and oxygen atoms in total. The van der Waals surface area contributed by atoms with Crippen LogP contribution in [-0.2, 0) is 4.79 Å². The van der Waals surface area contributed by atoms with Crippen LogP contribution in [-0.4, -0.2) is 67.6 Å². The van der Waals surface area contributed by atoms with Crippen molar-refractivity contribution in [3.8, 4) is 5.75 Å². The molecule has 25 heavy (non-hydrogen) atoms. The van der Waals surface area contributed by atoms with Gasteiger partial charge in [0.2, 0.25) is 0 Å². The summed E-state index contributed by atoms with van der Waals surface area (Å²) in [4.78, 5) is 17.0. The molecule has 0 unspecified atom stereocenters. The summed E-state index contributed by atoms with van der Waals surface area (Å²) in [6.45, 7) is 11.1. The molecule has 0 aromatic heterocycles. The molecule has 1 aliphatic rings. The van der Waals surface area contributed by atoms with E-state index in [4.69, 9.17) is 4.74 Å². The molecule has 1 aromatic carbocycles. The largest absolute Gasteiger partial charge is 0.480 e. The number of hydrogen-bond acceptors (Lipinski definition) is 4. The lowest BCUT2D eigenvalue weighted by Crippen LogP contribution is -2.46. The molecule has 7 heteroatoms. The highest BCUT2D eigenvalue weighted by Gasteiger charge is 2.17. The summed E-state index contributed by atoms with van der Waals surface area (Å²) in [5.41, 5.74) is 0. The number of hydrogen-bond donors (Lipinski definition) is 1. The van der Waals surface area contributed by atoms with Gasteiger partial charge in [-0.1, -0.05) is 6.92 Å². The van der Waals surface area contributed by atoms with Crippen molar-refractivity contribution in [3.63, 3.8) is 0 Å². The standard InChI is InChI=1S/C18H27BrFN3O2/c1-3-22-9-11-23(12-10-22)8-4-7-21-18(24)14(2)25-17-6-5-15(20)13-16(17)19/h5-6,13-14H,3-4,7-12H2,1-2H3,(H,21,24)/t14-/m0/s1. The maximum Gasteiger partial charge on any atom is 0.260 e.